The number of rotatable bonds is 2. The summed E-state index contributed by atoms with van der Waals surface area (Å²) in [6, 6.07) is 13.1. The van der Waals surface area contributed by atoms with E-state index in [-0.39, 0.29) is 5.41 Å². The van der Waals surface area contributed by atoms with Crippen LogP contribution in [0.3, 0.4) is 0 Å². The van der Waals surface area contributed by atoms with Gasteiger partial charge in [-0.15, -0.1) is 0 Å². The average Bonchev–Trinajstić information content (AvgIpc) is 2.37. The van der Waals surface area contributed by atoms with Crippen LogP contribution in [0.5, 0.6) is 0 Å². The van der Waals surface area contributed by atoms with E-state index in [4.69, 9.17) is 0 Å². The summed E-state index contributed by atoms with van der Waals surface area (Å²) in [5.74, 6) is 0. The van der Waals surface area contributed by atoms with Gasteiger partial charge in [-0.2, -0.15) is 0 Å². The van der Waals surface area contributed by atoms with E-state index in [1.165, 1.54) is 16.3 Å². The third-order valence-corrected chi connectivity index (χ3v) is 5.68. The molecule has 1 nitrogen and oxygen atoms in total. The first-order valence-corrected chi connectivity index (χ1v) is 10.8. The van der Waals surface area contributed by atoms with Crippen LogP contribution in [0, 0.1) is 0 Å². The summed E-state index contributed by atoms with van der Waals surface area (Å²) in [6.45, 7) is 13.8. The largest absolute Gasteiger partial charge is 0.256 e. The van der Waals surface area contributed by atoms with Crippen LogP contribution in [0.25, 0.3) is 11.3 Å². The number of hydrogen-bond acceptors (Lipinski definition) is 1. The predicted octanol–water partition coefficient (Wildman–Crippen LogP) is 4.59. The van der Waals surface area contributed by atoms with Crippen molar-refractivity contribution >= 4 is 13.3 Å². The van der Waals surface area contributed by atoms with Crippen molar-refractivity contribution in [1.29, 1.82) is 0 Å². The van der Waals surface area contributed by atoms with Gasteiger partial charge in [0, 0.05) is 11.8 Å². The minimum atomic E-state index is -1.26. The molecule has 0 atom stereocenters. The smallest absolute Gasteiger partial charge is 0.0796 e. The highest BCUT2D eigenvalue weighted by Gasteiger charge is 2.17. The molecule has 0 saturated carbocycles. The Morgan fingerprint density at radius 2 is 1.65 bits per heavy atom. The van der Waals surface area contributed by atoms with E-state index in [0.717, 1.165) is 5.69 Å². The van der Waals surface area contributed by atoms with Gasteiger partial charge >= 0.3 is 0 Å². The van der Waals surface area contributed by atoms with Crippen LogP contribution in [-0.4, -0.2) is 13.1 Å². The summed E-state index contributed by atoms with van der Waals surface area (Å²) in [7, 11) is -1.26. The zero-order chi connectivity index (χ0) is 15.0. The molecular formula is C18H25NSi. The molecule has 0 spiro atoms. The maximum Gasteiger partial charge on any atom is 0.0796 e. The van der Waals surface area contributed by atoms with Gasteiger partial charge in [-0.05, 0) is 28.3 Å². The molecule has 20 heavy (non-hydrogen) atoms. The first kappa shape index (κ1) is 15.0. The molecular weight excluding hydrogens is 258 g/mol. The maximum atomic E-state index is 4.67. The fourth-order valence-electron chi connectivity index (χ4n) is 2.15. The fraction of sp³-hybridized carbons (Fsp3) is 0.389. The molecule has 0 bridgehead atoms. The van der Waals surface area contributed by atoms with E-state index in [9.17, 15) is 0 Å². The lowest BCUT2D eigenvalue weighted by Gasteiger charge is -2.20. The molecule has 0 aliphatic heterocycles. The zero-order valence-electron chi connectivity index (χ0n) is 13.5. The Labute approximate surface area is 124 Å². The van der Waals surface area contributed by atoms with E-state index in [2.05, 4.69) is 88.0 Å². The Hall–Kier alpha value is -1.41. The van der Waals surface area contributed by atoms with Crippen LogP contribution in [0.2, 0.25) is 19.6 Å². The van der Waals surface area contributed by atoms with Crippen molar-refractivity contribution in [2.24, 2.45) is 0 Å². The second kappa shape index (κ2) is 5.17. The van der Waals surface area contributed by atoms with Crippen molar-refractivity contribution in [2.75, 3.05) is 0 Å². The molecule has 1 aromatic carbocycles. The first-order valence-electron chi connectivity index (χ1n) is 7.25. The lowest BCUT2D eigenvalue weighted by Crippen LogP contribution is -2.37. The van der Waals surface area contributed by atoms with Crippen molar-refractivity contribution in [3.05, 3.63) is 48.2 Å². The topological polar surface area (TPSA) is 12.9 Å². The van der Waals surface area contributed by atoms with Crippen molar-refractivity contribution in [3.63, 3.8) is 0 Å². The van der Waals surface area contributed by atoms with E-state index in [1.54, 1.807) is 0 Å². The highest BCUT2D eigenvalue weighted by Crippen LogP contribution is 2.26. The molecule has 0 aliphatic rings. The molecule has 1 aromatic heterocycles. The maximum absolute atomic E-state index is 4.67. The molecule has 0 aliphatic carbocycles. The van der Waals surface area contributed by atoms with Crippen molar-refractivity contribution in [1.82, 2.24) is 4.98 Å². The Morgan fingerprint density at radius 3 is 2.15 bits per heavy atom. The normalized spacial score (nSPS) is 12.5. The Kier molecular flexibility index (Phi) is 3.87. The predicted molar refractivity (Wildman–Crippen MR) is 91.4 cm³/mol. The van der Waals surface area contributed by atoms with Gasteiger partial charge < -0.3 is 0 Å². The van der Waals surface area contributed by atoms with Gasteiger partial charge in [-0.3, -0.25) is 4.98 Å². The van der Waals surface area contributed by atoms with Gasteiger partial charge in [0.25, 0.3) is 0 Å². The highest BCUT2D eigenvalue weighted by molar-refractivity contribution is 6.88. The Bertz CT molecular complexity index is 586. The summed E-state index contributed by atoms with van der Waals surface area (Å²) in [5, 5.41) is 1.41. The summed E-state index contributed by atoms with van der Waals surface area (Å²) >= 11 is 0. The number of hydrogen-bond donors (Lipinski definition) is 0. The summed E-state index contributed by atoms with van der Waals surface area (Å²) in [4.78, 5) is 4.67. The van der Waals surface area contributed by atoms with E-state index >= 15 is 0 Å². The standard InChI is InChI=1S/C18H25NSi/c1-18(2,3)15-9-7-8-14(12-15)17-11-10-16(13-19-17)20(4,5)6/h7-13H,1-6H3. The van der Waals surface area contributed by atoms with Gasteiger partial charge in [-0.1, -0.05) is 64.7 Å². The summed E-state index contributed by atoms with van der Waals surface area (Å²) in [6.07, 6.45) is 2.06. The number of benzene rings is 1. The number of aromatic nitrogens is 1. The first-order chi connectivity index (χ1) is 9.18. The summed E-state index contributed by atoms with van der Waals surface area (Å²) in [5.41, 5.74) is 3.80. The lowest BCUT2D eigenvalue weighted by molar-refractivity contribution is 0.590. The van der Waals surface area contributed by atoms with Crippen LogP contribution < -0.4 is 5.19 Å². The third kappa shape index (κ3) is 3.37. The quantitative estimate of drug-likeness (QED) is 0.735. The molecule has 1 heterocycles. The monoisotopic (exact) mass is 283 g/mol. The van der Waals surface area contributed by atoms with Crippen molar-refractivity contribution < 1.29 is 0 Å². The van der Waals surface area contributed by atoms with Crippen LogP contribution in [0.1, 0.15) is 26.3 Å². The van der Waals surface area contributed by atoms with Crippen molar-refractivity contribution in [3.8, 4) is 11.3 Å². The second-order valence-corrected chi connectivity index (χ2v) is 12.6. The molecule has 0 radical (unpaired) electrons. The highest BCUT2D eigenvalue weighted by atomic mass is 28.3. The van der Waals surface area contributed by atoms with Crippen LogP contribution >= 0.6 is 0 Å². The van der Waals surface area contributed by atoms with Gasteiger partial charge in [0.2, 0.25) is 0 Å². The van der Waals surface area contributed by atoms with Gasteiger partial charge in [0.15, 0.2) is 0 Å². The van der Waals surface area contributed by atoms with E-state index in [1.807, 2.05) is 0 Å². The Balaban J connectivity index is 2.38. The number of pyridine rings is 1. The number of nitrogens with zero attached hydrogens (tertiary/aromatic N) is 1. The van der Waals surface area contributed by atoms with Crippen LogP contribution in [-0.2, 0) is 5.41 Å². The molecule has 2 aromatic rings. The molecule has 0 N–H and O–H groups in total. The van der Waals surface area contributed by atoms with Gasteiger partial charge in [0.05, 0.1) is 13.8 Å². The minimum absolute atomic E-state index is 0.175. The van der Waals surface area contributed by atoms with Crippen molar-refractivity contribution in [2.45, 2.75) is 45.8 Å². The Morgan fingerprint density at radius 1 is 0.950 bits per heavy atom. The molecule has 0 fully saturated rings. The molecule has 0 unspecified atom stereocenters. The van der Waals surface area contributed by atoms with E-state index in [0.29, 0.717) is 0 Å². The van der Waals surface area contributed by atoms with E-state index < -0.39 is 8.07 Å². The zero-order valence-corrected chi connectivity index (χ0v) is 14.5. The van der Waals surface area contributed by atoms with Crippen LogP contribution in [0.15, 0.2) is 42.6 Å². The van der Waals surface area contributed by atoms with Gasteiger partial charge in [-0.25, -0.2) is 0 Å². The fourth-order valence-corrected chi connectivity index (χ4v) is 3.19. The molecule has 2 heteroatoms. The molecule has 0 amide bonds. The van der Waals surface area contributed by atoms with Crippen LogP contribution in [0.4, 0.5) is 0 Å². The molecule has 106 valence electrons. The molecule has 2 rings (SSSR count). The third-order valence-electron chi connectivity index (χ3n) is 3.65. The average molecular weight is 283 g/mol. The SMILES string of the molecule is CC(C)(C)c1cccc(-c2ccc([Si](C)(C)C)cn2)c1. The summed E-state index contributed by atoms with van der Waals surface area (Å²) < 4.78 is 0. The lowest BCUT2D eigenvalue weighted by atomic mass is 9.86. The minimum Gasteiger partial charge on any atom is -0.256 e. The molecule has 0 saturated heterocycles. The van der Waals surface area contributed by atoms with Gasteiger partial charge in [0.1, 0.15) is 0 Å². The second-order valence-electron chi connectivity index (χ2n) is 7.51.